The van der Waals surface area contributed by atoms with Gasteiger partial charge >= 0.3 is 0 Å². The van der Waals surface area contributed by atoms with E-state index in [2.05, 4.69) is 18.3 Å². The van der Waals surface area contributed by atoms with Crippen LogP contribution in [0.15, 0.2) is 23.8 Å². The van der Waals surface area contributed by atoms with Crippen molar-refractivity contribution in [2.24, 2.45) is 0 Å². The number of aliphatic hydroxyl groups is 1. The summed E-state index contributed by atoms with van der Waals surface area (Å²) in [6.45, 7) is 3.81. The number of aliphatic hydroxyl groups excluding tert-OH is 1. The van der Waals surface area contributed by atoms with Gasteiger partial charge < -0.3 is 15.2 Å². The zero-order valence-electron chi connectivity index (χ0n) is 11.2. The number of nitrogens with one attached hydrogen (secondary N) is 1. The minimum absolute atomic E-state index is 0.254. The molecular formula is C15H20ClNO2. The fourth-order valence-electron chi connectivity index (χ4n) is 2.10. The van der Waals surface area contributed by atoms with Gasteiger partial charge in [-0.2, -0.15) is 0 Å². The van der Waals surface area contributed by atoms with Crippen LogP contribution in [-0.4, -0.2) is 30.9 Å². The maximum Gasteiger partial charge on any atom is 0.127 e. The Morgan fingerprint density at radius 1 is 1.47 bits per heavy atom. The van der Waals surface area contributed by atoms with Gasteiger partial charge in [-0.3, -0.25) is 0 Å². The van der Waals surface area contributed by atoms with E-state index >= 15 is 0 Å². The molecular weight excluding hydrogens is 262 g/mol. The van der Waals surface area contributed by atoms with Gasteiger partial charge in [-0.25, -0.2) is 0 Å². The largest absolute Gasteiger partial charge is 0.489 e. The zero-order valence-corrected chi connectivity index (χ0v) is 11.9. The predicted molar refractivity (Wildman–Crippen MR) is 78.7 cm³/mol. The van der Waals surface area contributed by atoms with Gasteiger partial charge in [0, 0.05) is 29.8 Å². The second kappa shape index (κ2) is 6.94. The van der Waals surface area contributed by atoms with Crippen molar-refractivity contribution in [1.82, 2.24) is 5.32 Å². The van der Waals surface area contributed by atoms with E-state index in [4.69, 9.17) is 21.4 Å². The quantitative estimate of drug-likeness (QED) is 0.842. The van der Waals surface area contributed by atoms with Crippen molar-refractivity contribution in [1.29, 1.82) is 0 Å². The van der Waals surface area contributed by atoms with Crippen LogP contribution in [-0.2, 0) is 0 Å². The summed E-state index contributed by atoms with van der Waals surface area (Å²) in [4.78, 5) is 0. The van der Waals surface area contributed by atoms with Crippen LogP contribution in [0.5, 0.6) is 5.75 Å². The SMILES string of the molecule is CC(CCCO)NCC1=Cc2cc(Cl)ccc2OC1. The summed E-state index contributed by atoms with van der Waals surface area (Å²) in [7, 11) is 0. The third kappa shape index (κ3) is 4.23. The van der Waals surface area contributed by atoms with E-state index in [-0.39, 0.29) is 6.61 Å². The minimum atomic E-state index is 0.254. The molecule has 2 N–H and O–H groups in total. The molecule has 4 heteroatoms. The van der Waals surface area contributed by atoms with Crippen molar-refractivity contribution in [2.45, 2.75) is 25.8 Å². The summed E-state index contributed by atoms with van der Waals surface area (Å²) in [6, 6.07) is 6.07. The van der Waals surface area contributed by atoms with Crippen molar-refractivity contribution in [3.63, 3.8) is 0 Å². The molecule has 0 aromatic heterocycles. The number of ether oxygens (including phenoxy) is 1. The Balaban J connectivity index is 1.92. The molecule has 0 saturated heterocycles. The van der Waals surface area contributed by atoms with Gasteiger partial charge in [-0.1, -0.05) is 11.6 Å². The van der Waals surface area contributed by atoms with Crippen LogP contribution < -0.4 is 10.1 Å². The molecule has 0 saturated carbocycles. The molecule has 1 unspecified atom stereocenters. The van der Waals surface area contributed by atoms with Crippen molar-refractivity contribution in [3.05, 3.63) is 34.4 Å². The average Bonchev–Trinajstić information content (AvgIpc) is 2.42. The second-order valence-electron chi connectivity index (χ2n) is 4.92. The summed E-state index contributed by atoms with van der Waals surface area (Å²) < 4.78 is 5.70. The molecule has 1 aromatic rings. The smallest absolute Gasteiger partial charge is 0.127 e. The monoisotopic (exact) mass is 281 g/mol. The Bertz CT molecular complexity index is 459. The first-order valence-electron chi connectivity index (χ1n) is 6.65. The summed E-state index contributed by atoms with van der Waals surface area (Å²) in [5.74, 6) is 0.890. The molecule has 3 nitrogen and oxygen atoms in total. The summed E-state index contributed by atoms with van der Waals surface area (Å²) in [5.41, 5.74) is 2.25. The predicted octanol–water partition coefficient (Wildman–Crippen LogP) is 2.87. The molecule has 2 rings (SSSR count). The Morgan fingerprint density at radius 3 is 3.11 bits per heavy atom. The van der Waals surface area contributed by atoms with Crippen LogP contribution in [0.2, 0.25) is 5.02 Å². The first-order valence-corrected chi connectivity index (χ1v) is 7.03. The van der Waals surface area contributed by atoms with Crippen LogP contribution in [0.3, 0.4) is 0 Å². The maximum atomic E-state index is 8.80. The normalized spacial score (nSPS) is 15.4. The van der Waals surface area contributed by atoms with Crippen LogP contribution in [0.25, 0.3) is 6.08 Å². The standard InChI is InChI=1S/C15H20ClNO2/c1-11(3-2-6-18)17-9-12-7-13-8-14(16)4-5-15(13)19-10-12/h4-5,7-8,11,17-18H,2-3,6,9-10H2,1H3. The van der Waals surface area contributed by atoms with Gasteiger partial charge in [0.15, 0.2) is 0 Å². The Morgan fingerprint density at radius 2 is 2.32 bits per heavy atom. The molecule has 0 fully saturated rings. The number of rotatable bonds is 6. The maximum absolute atomic E-state index is 8.80. The van der Waals surface area contributed by atoms with E-state index in [1.807, 2.05) is 18.2 Å². The fraction of sp³-hybridized carbons (Fsp3) is 0.467. The summed E-state index contributed by atoms with van der Waals surface area (Å²) in [5, 5.41) is 13.0. The van der Waals surface area contributed by atoms with Crippen molar-refractivity contribution >= 4 is 17.7 Å². The van der Waals surface area contributed by atoms with Crippen molar-refractivity contribution < 1.29 is 9.84 Å². The Kier molecular flexibility index (Phi) is 5.25. The van der Waals surface area contributed by atoms with E-state index in [0.717, 1.165) is 35.7 Å². The molecule has 0 bridgehead atoms. The highest BCUT2D eigenvalue weighted by atomic mass is 35.5. The number of halogens is 1. The van der Waals surface area contributed by atoms with Gasteiger partial charge in [0.05, 0.1) is 0 Å². The van der Waals surface area contributed by atoms with Gasteiger partial charge in [0.2, 0.25) is 0 Å². The van der Waals surface area contributed by atoms with Crippen molar-refractivity contribution in [2.75, 3.05) is 19.8 Å². The molecule has 104 valence electrons. The summed E-state index contributed by atoms with van der Waals surface area (Å²) >= 11 is 5.98. The molecule has 0 radical (unpaired) electrons. The van der Waals surface area contributed by atoms with Gasteiger partial charge in [-0.15, -0.1) is 0 Å². The molecule has 1 aliphatic heterocycles. The van der Waals surface area contributed by atoms with Crippen LogP contribution in [0, 0.1) is 0 Å². The average molecular weight is 282 g/mol. The third-order valence-electron chi connectivity index (χ3n) is 3.22. The van der Waals surface area contributed by atoms with Crippen LogP contribution in [0.1, 0.15) is 25.3 Å². The molecule has 1 heterocycles. The molecule has 1 aromatic carbocycles. The van der Waals surface area contributed by atoms with E-state index in [1.54, 1.807) is 0 Å². The molecule has 0 spiro atoms. The zero-order chi connectivity index (χ0) is 13.7. The van der Waals surface area contributed by atoms with E-state index in [0.29, 0.717) is 12.6 Å². The van der Waals surface area contributed by atoms with E-state index < -0.39 is 0 Å². The lowest BCUT2D eigenvalue weighted by atomic mass is 10.1. The lowest BCUT2D eigenvalue weighted by Gasteiger charge is -2.20. The van der Waals surface area contributed by atoms with Gasteiger partial charge in [0.25, 0.3) is 0 Å². The molecule has 19 heavy (non-hydrogen) atoms. The van der Waals surface area contributed by atoms with Crippen molar-refractivity contribution in [3.8, 4) is 5.75 Å². The highest BCUT2D eigenvalue weighted by Crippen LogP contribution is 2.28. The lowest BCUT2D eigenvalue weighted by molar-refractivity contribution is 0.276. The number of hydrogen-bond acceptors (Lipinski definition) is 3. The Hall–Kier alpha value is -1.03. The Labute approximate surface area is 119 Å². The highest BCUT2D eigenvalue weighted by molar-refractivity contribution is 6.30. The van der Waals surface area contributed by atoms with E-state index in [1.165, 1.54) is 5.57 Å². The lowest BCUT2D eigenvalue weighted by Crippen LogP contribution is -2.30. The first kappa shape index (κ1) is 14.4. The van der Waals surface area contributed by atoms with Gasteiger partial charge in [-0.05, 0) is 49.6 Å². The number of benzene rings is 1. The van der Waals surface area contributed by atoms with Gasteiger partial charge in [0.1, 0.15) is 12.4 Å². The number of fused-ring (bicyclic) bond motifs is 1. The molecule has 0 amide bonds. The topological polar surface area (TPSA) is 41.5 Å². The molecule has 0 aliphatic carbocycles. The second-order valence-corrected chi connectivity index (χ2v) is 5.36. The van der Waals surface area contributed by atoms with Crippen LogP contribution >= 0.6 is 11.6 Å². The highest BCUT2D eigenvalue weighted by Gasteiger charge is 2.12. The third-order valence-corrected chi connectivity index (χ3v) is 3.45. The molecule has 1 atom stereocenters. The summed E-state index contributed by atoms with van der Waals surface area (Å²) in [6.07, 6.45) is 3.95. The van der Waals surface area contributed by atoms with E-state index in [9.17, 15) is 0 Å². The fourth-order valence-corrected chi connectivity index (χ4v) is 2.28. The molecule has 1 aliphatic rings. The first-order chi connectivity index (χ1) is 9.19. The number of hydrogen-bond donors (Lipinski definition) is 2. The minimum Gasteiger partial charge on any atom is -0.489 e. The van der Waals surface area contributed by atoms with Crippen LogP contribution in [0.4, 0.5) is 0 Å².